The van der Waals surface area contributed by atoms with Crippen molar-refractivity contribution in [2.75, 3.05) is 33.2 Å². The molecule has 0 saturated carbocycles. The Morgan fingerprint density at radius 1 is 1.17 bits per heavy atom. The van der Waals surface area contributed by atoms with E-state index in [2.05, 4.69) is 18.1 Å². The first-order valence-electron chi connectivity index (χ1n) is 6.22. The van der Waals surface area contributed by atoms with Gasteiger partial charge in [0.25, 0.3) is 0 Å². The molecule has 2 aromatic rings. The first kappa shape index (κ1) is 11.3. The van der Waals surface area contributed by atoms with Gasteiger partial charge in [-0.05, 0) is 19.2 Å². The van der Waals surface area contributed by atoms with Crippen LogP contribution in [0.4, 0.5) is 4.79 Å². The molecule has 0 spiro atoms. The molecule has 2 heterocycles. The van der Waals surface area contributed by atoms with Crippen LogP contribution in [-0.2, 0) is 0 Å². The molecule has 3 rings (SSSR count). The predicted molar refractivity (Wildman–Crippen MR) is 70.6 cm³/mol. The van der Waals surface area contributed by atoms with Crippen LogP contribution in [0, 0.1) is 6.20 Å². The summed E-state index contributed by atoms with van der Waals surface area (Å²) in [5, 5.41) is 1.06. The molecule has 1 amide bonds. The van der Waals surface area contributed by atoms with Crippen LogP contribution >= 0.6 is 0 Å². The number of benzene rings is 1. The minimum Gasteiger partial charge on any atom is -0.321 e. The van der Waals surface area contributed by atoms with Gasteiger partial charge < -0.3 is 9.80 Å². The summed E-state index contributed by atoms with van der Waals surface area (Å²) < 4.78 is 1.63. The van der Waals surface area contributed by atoms with Gasteiger partial charge in [-0.15, -0.1) is 0 Å². The number of piperazine rings is 1. The van der Waals surface area contributed by atoms with Crippen molar-refractivity contribution < 1.29 is 4.79 Å². The Kier molecular flexibility index (Phi) is 2.80. The fraction of sp³-hybridized carbons (Fsp3) is 0.357. The van der Waals surface area contributed by atoms with Gasteiger partial charge in [0.2, 0.25) is 0 Å². The van der Waals surface area contributed by atoms with E-state index in [1.54, 1.807) is 4.57 Å². The fourth-order valence-corrected chi connectivity index (χ4v) is 2.31. The number of amides is 1. The molecule has 0 N–H and O–H groups in total. The van der Waals surface area contributed by atoms with Crippen molar-refractivity contribution in [1.82, 2.24) is 14.4 Å². The molecular weight excluding hydrogens is 226 g/mol. The average molecular weight is 242 g/mol. The zero-order valence-corrected chi connectivity index (χ0v) is 10.5. The van der Waals surface area contributed by atoms with Crippen LogP contribution in [0.5, 0.6) is 0 Å². The molecule has 0 atom stereocenters. The number of likely N-dealkylation sites (N-methyl/N-ethyl adjacent to an activating group) is 1. The number of nitrogens with zero attached hydrogens (tertiary/aromatic N) is 3. The Morgan fingerprint density at radius 2 is 1.89 bits per heavy atom. The standard InChI is InChI=1S/C14H16N3O/c1-15-8-10-16(11-9-15)14(18)17-7-6-12-4-2-3-5-13(12)17/h2-6H,8-11H2,1H3. The van der Waals surface area contributed by atoms with Crippen LogP contribution in [0.1, 0.15) is 0 Å². The van der Waals surface area contributed by atoms with Crippen LogP contribution in [0.25, 0.3) is 10.9 Å². The van der Waals surface area contributed by atoms with Gasteiger partial charge in [-0.2, -0.15) is 0 Å². The number of hydrogen-bond acceptors (Lipinski definition) is 2. The van der Waals surface area contributed by atoms with E-state index in [0.717, 1.165) is 37.1 Å². The monoisotopic (exact) mass is 242 g/mol. The van der Waals surface area contributed by atoms with Crippen molar-refractivity contribution in [2.45, 2.75) is 0 Å². The lowest BCUT2D eigenvalue weighted by Gasteiger charge is -2.32. The molecule has 93 valence electrons. The zero-order chi connectivity index (χ0) is 12.5. The van der Waals surface area contributed by atoms with E-state index >= 15 is 0 Å². The minimum absolute atomic E-state index is 0.0318. The van der Waals surface area contributed by atoms with E-state index in [4.69, 9.17) is 0 Å². The molecule has 1 radical (unpaired) electrons. The van der Waals surface area contributed by atoms with Gasteiger partial charge in [0.1, 0.15) is 0 Å². The topological polar surface area (TPSA) is 28.5 Å². The summed E-state index contributed by atoms with van der Waals surface area (Å²) in [6.45, 7) is 3.45. The third kappa shape index (κ3) is 1.88. The van der Waals surface area contributed by atoms with E-state index in [-0.39, 0.29) is 6.03 Å². The summed E-state index contributed by atoms with van der Waals surface area (Å²) in [5.74, 6) is 0. The van der Waals surface area contributed by atoms with E-state index < -0.39 is 0 Å². The second-order valence-corrected chi connectivity index (χ2v) is 4.74. The third-order valence-corrected chi connectivity index (χ3v) is 3.49. The lowest BCUT2D eigenvalue weighted by atomic mass is 10.2. The van der Waals surface area contributed by atoms with Crippen molar-refractivity contribution >= 4 is 16.9 Å². The number of para-hydroxylation sites is 1. The molecule has 0 aliphatic carbocycles. The van der Waals surface area contributed by atoms with E-state index in [0.29, 0.717) is 0 Å². The van der Waals surface area contributed by atoms with Gasteiger partial charge in [-0.25, -0.2) is 4.79 Å². The Morgan fingerprint density at radius 3 is 2.67 bits per heavy atom. The smallest absolute Gasteiger partial charge is 0.321 e. The molecule has 4 nitrogen and oxygen atoms in total. The number of hydrogen-bond donors (Lipinski definition) is 0. The maximum Gasteiger partial charge on any atom is 0.329 e. The van der Waals surface area contributed by atoms with Gasteiger partial charge in [-0.1, -0.05) is 18.2 Å². The highest BCUT2D eigenvalue weighted by Gasteiger charge is 2.21. The van der Waals surface area contributed by atoms with E-state index in [9.17, 15) is 4.79 Å². The normalized spacial score (nSPS) is 17.3. The second-order valence-electron chi connectivity index (χ2n) is 4.74. The molecule has 1 aromatic heterocycles. The van der Waals surface area contributed by atoms with Crippen LogP contribution in [0.2, 0.25) is 0 Å². The highest BCUT2D eigenvalue weighted by Crippen LogP contribution is 2.16. The Balaban J connectivity index is 1.88. The van der Waals surface area contributed by atoms with Crippen molar-refractivity contribution in [3.05, 3.63) is 36.5 Å². The van der Waals surface area contributed by atoms with Crippen LogP contribution in [0.3, 0.4) is 0 Å². The largest absolute Gasteiger partial charge is 0.329 e. The summed E-state index contributed by atoms with van der Waals surface area (Å²) in [7, 11) is 2.08. The van der Waals surface area contributed by atoms with Crippen molar-refractivity contribution in [2.24, 2.45) is 0 Å². The SMILES string of the molecule is CN1CCN(C(=O)n2[c]cc3ccccc32)CC1. The molecule has 1 aliphatic heterocycles. The molecule has 1 aromatic carbocycles. The van der Waals surface area contributed by atoms with Gasteiger partial charge in [0, 0.05) is 31.6 Å². The third-order valence-electron chi connectivity index (χ3n) is 3.49. The Bertz CT molecular complexity index is 567. The van der Waals surface area contributed by atoms with Crippen LogP contribution < -0.4 is 0 Å². The number of carbonyl (C=O) groups is 1. The van der Waals surface area contributed by atoms with E-state index in [1.165, 1.54) is 0 Å². The lowest BCUT2D eigenvalue weighted by Crippen LogP contribution is -2.48. The maximum atomic E-state index is 12.4. The number of rotatable bonds is 0. The highest BCUT2D eigenvalue weighted by atomic mass is 16.2. The average Bonchev–Trinajstić information content (AvgIpc) is 2.82. The van der Waals surface area contributed by atoms with Crippen molar-refractivity contribution in [1.29, 1.82) is 0 Å². The first-order valence-corrected chi connectivity index (χ1v) is 6.22. The molecule has 0 bridgehead atoms. The Hall–Kier alpha value is -1.81. The highest BCUT2D eigenvalue weighted by molar-refractivity contribution is 5.91. The quantitative estimate of drug-likeness (QED) is 0.703. The van der Waals surface area contributed by atoms with Gasteiger partial charge in [0.15, 0.2) is 0 Å². The molecule has 4 heteroatoms. The van der Waals surface area contributed by atoms with Crippen LogP contribution in [0.15, 0.2) is 30.3 Å². The molecule has 0 unspecified atom stereocenters. The minimum atomic E-state index is 0.0318. The van der Waals surface area contributed by atoms with E-state index in [1.807, 2.05) is 35.2 Å². The number of aromatic nitrogens is 1. The molecule has 18 heavy (non-hydrogen) atoms. The summed E-state index contributed by atoms with van der Waals surface area (Å²) in [5.41, 5.74) is 0.932. The van der Waals surface area contributed by atoms with Gasteiger partial charge >= 0.3 is 6.03 Å². The summed E-state index contributed by atoms with van der Waals surface area (Å²) in [6.07, 6.45) is 3.03. The van der Waals surface area contributed by atoms with Gasteiger partial charge in [0.05, 0.1) is 11.7 Å². The molecule has 1 aliphatic rings. The second kappa shape index (κ2) is 4.46. The molecular formula is C14H16N3O. The molecule has 1 fully saturated rings. The fourth-order valence-electron chi connectivity index (χ4n) is 2.31. The van der Waals surface area contributed by atoms with Gasteiger partial charge in [-0.3, -0.25) is 4.57 Å². The Labute approximate surface area is 106 Å². The lowest BCUT2D eigenvalue weighted by molar-refractivity contribution is 0.156. The van der Waals surface area contributed by atoms with Crippen molar-refractivity contribution in [3.63, 3.8) is 0 Å². The van der Waals surface area contributed by atoms with Crippen LogP contribution in [-0.4, -0.2) is 53.6 Å². The number of fused-ring (bicyclic) bond motifs is 1. The molecule has 1 saturated heterocycles. The first-order chi connectivity index (χ1) is 8.75. The number of carbonyl (C=O) groups excluding carboxylic acids is 1. The summed E-state index contributed by atoms with van der Waals surface area (Å²) in [4.78, 5) is 16.5. The zero-order valence-electron chi connectivity index (χ0n) is 10.5. The predicted octanol–water partition coefficient (Wildman–Crippen LogP) is 1.66. The van der Waals surface area contributed by atoms with Crippen molar-refractivity contribution in [3.8, 4) is 0 Å². The maximum absolute atomic E-state index is 12.4. The summed E-state index contributed by atoms with van der Waals surface area (Å²) >= 11 is 0. The summed E-state index contributed by atoms with van der Waals surface area (Å²) in [6, 6.07) is 9.78.